The molecule has 0 unspecified atom stereocenters. The molecule has 7 nitrogen and oxygen atoms in total. The van der Waals surface area contributed by atoms with Crippen molar-refractivity contribution >= 4 is 23.1 Å². The van der Waals surface area contributed by atoms with Gasteiger partial charge < -0.3 is 14.8 Å². The standard InChI is InChI=1S/C38H45N5O2/c1-24(2)25(3)38(45)42-20-6-8-34(42)32-21-30(22-39-32)28-12-10-26(11-13-28)27-14-16-29(17-15-27)33-23-40-37(41-33)35-19-18-31-7-4-5-9-36(44)43(31)35/h10-17,22-25,31,34-35H,4-9,18-21H2,1-3H3,(H,40,41)/t25-,31-,34-,35-/m0/s1. The first kappa shape index (κ1) is 29.7. The monoisotopic (exact) mass is 603 g/mol. The van der Waals surface area contributed by atoms with E-state index >= 15 is 0 Å². The number of aliphatic imine (C=N–C) groups is 1. The molecule has 1 aromatic heterocycles. The first-order valence-electron chi connectivity index (χ1n) is 17.0. The number of aromatic amines is 1. The molecule has 0 saturated carbocycles. The van der Waals surface area contributed by atoms with Crippen molar-refractivity contribution in [3.8, 4) is 22.4 Å². The maximum Gasteiger partial charge on any atom is 0.226 e. The van der Waals surface area contributed by atoms with Crippen LogP contribution in [0.5, 0.6) is 0 Å². The van der Waals surface area contributed by atoms with Gasteiger partial charge in [-0.3, -0.25) is 14.6 Å². The lowest BCUT2D eigenvalue weighted by Crippen LogP contribution is -2.43. The summed E-state index contributed by atoms with van der Waals surface area (Å²) in [5.74, 6) is 1.84. The van der Waals surface area contributed by atoms with Gasteiger partial charge in [0.25, 0.3) is 0 Å². The fourth-order valence-corrected chi connectivity index (χ4v) is 7.72. The zero-order valence-corrected chi connectivity index (χ0v) is 26.8. The van der Waals surface area contributed by atoms with Crippen LogP contribution in [-0.2, 0) is 9.59 Å². The zero-order valence-electron chi connectivity index (χ0n) is 26.8. The molecule has 0 spiro atoms. The van der Waals surface area contributed by atoms with Gasteiger partial charge in [-0.05, 0) is 72.3 Å². The third-order valence-corrected chi connectivity index (χ3v) is 10.7. The molecule has 2 aromatic carbocycles. The van der Waals surface area contributed by atoms with Gasteiger partial charge in [0.1, 0.15) is 5.82 Å². The van der Waals surface area contributed by atoms with E-state index in [1.54, 1.807) is 0 Å². The number of allylic oxidation sites excluding steroid dienone is 1. The molecule has 4 atom stereocenters. The number of benzene rings is 2. The molecule has 4 aliphatic rings. The summed E-state index contributed by atoms with van der Waals surface area (Å²) in [6, 6.07) is 17.9. The number of fused-ring (bicyclic) bond motifs is 1. The summed E-state index contributed by atoms with van der Waals surface area (Å²) in [5.41, 5.74) is 7.94. The van der Waals surface area contributed by atoms with Crippen molar-refractivity contribution in [1.29, 1.82) is 0 Å². The molecule has 0 bridgehead atoms. The van der Waals surface area contributed by atoms with Gasteiger partial charge in [-0.15, -0.1) is 0 Å². The molecule has 3 aromatic rings. The van der Waals surface area contributed by atoms with Crippen molar-refractivity contribution in [2.24, 2.45) is 16.8 Å². The van der Waals surface area contributed by atoms with Crippen molar-refractivity contribution in [2.45, 2.75) is 96.7 Å². The van der Waals surface area contributed by atoms with Crippen molar-refractivity contribution < 1.29 is 9.59 Å². The van der Waals surface area contributed by atoms with E-state index in [-0.39, 0.29) is 29.8 Å². The first-order chi connectivity index (χ1) is 21.9. The minimum atomic E-state index is 0.0368. The summed E-state index contributed by atoms with van der Waals surface area (Å²) in [6.07, 6.45) is 12.7. The molecule has 3 fully saturated rings. The van der Waals surface area contributed by atoms with Gasteiger partial charge in [-0.2, -0.15) is 0 Å². The third-order valence-electron chi connectivity index (χ3n) is 10.7. The summed E-state index contributed by atoms with van der Waals surface area (Å²) in [7, 11) is 0. The lowest BCUT2D eigenvalue weighted by molar-refractivity contribution is -0.136. The molecule has 1 N–H and O–H groups in total. The SMILES string of the molecule is CC(C)[C@H](C)C(=O)N1CCC[C@H]1C1=NC=C(c2ccc(-c3ccc(-c4cnc([C@@H]5CC[C@@H]6CCCCC(=O)N65)[nH]4)cc3)cc2)C1. The second-order valence-electron chi connectivity index (χ2n) is 13.8. The highest BCUT2D eigenvalue weighted by Gasteiger charge is 2.40. The van der Waals surface area contributed by atoms with E-state index in [0.29, 0.717) is 18.4 Å². The molecule has 7 rings (SSSR count). The highest BCUT2D eigenvalue weighted by atomic mass is 16.2. The maximum absolute atomic E-state index is 13.1. The minimum Gasteiger partial charge on any atom is -0.340 e. The number of imidazole rings is 1. The van der Waals surface area contributed by atoms with Crippen molar-refractivity contribution in [1.82, 2.24) is 19.8 Å². The van der Waals surface area contributed by atoms with Crippen LogP contribution in [-0.4, -0.2) is 55.9 Å². The number of amides is 2. The molecule has 234 valence electrons. The van der Waals surface area contributed by atoms with Crippen LogP contribution in [0.25, 0.3) is 28.0 Å². The fourth-order valence-electron chi connectivity index (χ4n) is 7.72. The number of carbonyl (C=O) groups excluding carboxylic acids is 2. The number of hydrogen-bond donors (Lipinski definition) is 1. The summed E-state index contributed by atoms with van der Waals surface area (Å²) < 4.78 is 0. The number of nitrogens with zero attached hydrogens (tertiary/aromatic N) is 4. The van der Waals surface area contributed by atoms with E-state index in [9.17, 15) is 9.59 Å². The Morgan fingerprint density at radius 3 is 2.29 bits per heavy atom. The second kappa shape index (κ2) is 12.4. The topological polar surface area (TPSA) is 81.7 Å². The molecule has 5 heterocycles. The minimum absolute atomic E-state index is 0.0368. The van der Waals surface area contributed by atoms with Crippen LogP contribution in [0.3, 0.4) is 0 Å². The Hall–Kier alpha value is -4.00. The van der Waals surface area contributed by atoms with Crippen LogP contribution >= 0.6 is 0 Å². The largest absolute Gasteiger partial charge is 0.340 e. The number of likely N-dealkylation sites (tertiary alicyclic amines) is 1. The van der Waals surface area contributed by atoms with Crippen LogP contribution < -0.4 is 0 Å². The van der Waals surface area contributed by atoms with Crippen LogP contribution in [0.4, 0.5) is 0 Å². The predicted molar refractivity (Wildman–Crippen MR) is 179 cm³/mol. The van der Waals surface area contributed by atoms with Crippen LogP contribution in [0.1, 0.15) is 96.0 Å². The summed E-state index contributed by atoms with van der Waals surface area (Å²) in [4.78, 5) is 43.3. The normalized spacial score (nSPS) is 24.1. The molecule has 7 heteroatoms. The van der Waals surface area contributed by atoms with E-state index < -0.39 is 0 Å². The Balaban J connectivity index is 0.988. The van der Waals surface area contributed by atoms with E-state index in [2.05, 4.69) is 84.1 Å². The van der Waals surface area contributed by atoms with Crippen molar-refractivity contribution in [2.75, 3.05) is 6.54 Å². The average molecular weight is 604 g/mol. The number of carbonyl (C=O) groups is 2. The van der Waals surface area contributed by atoms with Crippen LogP contribution in [0.2, 0.25) is 0 Å². The van der Waals surface area contributed by atoms with Crippen molar-refractivity contribution in [3.05, 3.63) is 72.3 Å². The third kappa shape index (κ3) is 5.78. The maximum atomic E-state index is 13.1. The van der Waals surface area contributed by atoms with E-state index in [0.717, 1.165) is 86.3 Å². The lowest BCUT2D eigenvalue weighted by atomic mass is 9.94. The zero-order chi connectivity index (χ0) is 31.1. The van der Waals surface area contributed by atoms with E-state index in [4.69, 9.17) is 9.98 Å². The Bertz CT molecular complexity index is 1620. The summed E-state index contributed by atoms with van der Waals surface area (Å²) in [5, 5.41) is 0. The van der Waals surface area contributed by atoms with Gasteiger partial charge in [0.05, 0.1) is 24.0 Å². The first-order valence-corrected chi connectivity index (χ1v) is 17.0. The van der Waals surface area contributed by atoms with E-state index in [1.165, 1.54) is 16.7 Å². The molecule has 2 amide bonds. The molecular weight excluding hydrogens is 558 g/mol. The second-order valence-corrected chi connectivity index (χ2v) is 13.8. The van der Waals surface area contributed by atoms with Crippen LogP contribution in [0.15, 0.2) is 65.9 Å². The quantitative estimate of drug-likeness (QED) is 0.299. The number of hydrogen-bond acceptors (Lipinski definition) is 4. The number of rotatable bonds is 7. The molecule has 0 aliphatic carbocycles. The van der Waals surface area contributed by atoms with E-state index in [1.807, 2.05) is 12.4 Å². The average Bonchev–Trinajstić information content (AvgIpc) is 3.87. The number of H-pyrrole nitrogens is 1. The molecule has 3 saturated heterocycles. The highest BCUT2D eigenvalue weighted by Crippen LogP contribution is 2.40. The van der Waals surface area contributed by atoms with Gasteiger partial charge in [0, 0.05) is 43.3 Å². The van der Waals surface area contributed by atoms with Gasteiger partial charge >= 0.3 is 0 Å². The number of nitrogens with one attached hydrogen (secondary N) is 1. The Kier molecular flexibility index (Phi) is 8.19. The smallest absolute Gasteiger partial charge is 0.226 e. The fraction of sp³-hybridized carbons (Fsp3) is 0.474. The van der Waals surface area contributed by atoms with Gasteiger partial charge in [-0.1, -0.05) is 75.7 Å². The Morgan fingerprint density at radius 2 is 1.56 bits per heavy atom. The Morgan fingerprint density at radius 1 is 0.844 bits per heavy atom. The summed E-state index contributed by atoms with van der Waals surface area (Å²) in [6.45, 7) is 7.14. The van der Waals surface area contributed by atoms with Gasteiger partial charge in [-0.25, -0.2) is 4.98 Å². The molecule has 4 aliphatic heterocycles. The highest BCUT2D eigenvalue weighted by molar-refractivity contribution is 6.03. The number of aromatic nitrogens is 2. The molecular formula is C38H45N5O2. The Labute approximate surface area is 266 Å². The molecule has 45 heavy (non-hydrogen) atoms. The summed E-state index contributed by atoms with van der Waals surface area (Å²) >= 11 is 0. The van der Waals surface area contributed by atoms with Gasteiger partial charge in [0.2, 0.25) is 11.8 Å². The lowest BCUT2D eigenvalue weighted by Gasteiger charge is -2.29. The van der Waals surface area contributed by atoms with Gasteiger partial charge in [0.15, 0.2) is 0 Å². The predicted octanol–water partition coefficient (Wildman–Crippen LogP) is 7.82. The van der Waals surface area contributed by atoms with Crippen molar-refractivity contribution in [3.63, 3.8) is 0 Å². The van der Waals surface area contributed by atoms with Crippen LogP contribution in [0, 0.1) is 11.8 Å². The molecule has 0 radical (unpaired) electrons.